The molecule has 2 aromatic rings. The van der Waals surface area contributed by atoms with Crippen molar-refractivity contribution in [3.8, 4) is 5.75 Å². The fourth-order valence-electron chi connectivity index (χ4n) is 1.79. The van der Waals surface area contributed by atoms with Gasteiger partial charge in [-0.15, -0.1) is 0 Å². The fourth-order valence-corrected chi connectivity index (χ4v) is 3.42. The molecule has 0 aliphatic carbocycles. The molecule has 0 bridgehead atoms. The largest absolute Gasteiger partial charge is 0.378 e. The van der Waals surface area contributed by atoms with Gasteiger partial charge in [0.05, 0.1) is 4.47 Å². The number of hydrogen-bond donors (Lipinski definition) is 1. The van der Waals surface area contributed by atoms with Crippen LogP contribution in [0, 0.1) is 6.92 Å². The quantitative estimate of drug-likeness (QED) is 0.776. The van der Waals surface area contributed by atoms with Gasteiger partial charge >= 0.3 is 10.1 Å². The van der Waals surface area contributed by atoms with Crippen molar-refractivity contribution in [3.63, 3.8) is 0 Å². The van der Waals surface area contributed by atoms with E-state index in [0.717, 1.165) is 5.56 Å². The van der Waals surface area contributed by atoms with Crippen molar-refractivity contribution in [1.29, 1.82) is 0 Å². The molecule has 0 fully saturated rings. The Morgan fingerprint density at radius 2 is 1.83 bits per heavy atom. The zero-order valence-electron chi connectivity index (χ0n) is 12.7. The molecule has 0 unspecified atom stereocenters. The first kappa shape index (κ1) is 17.5. The molecule has 0 saturated heterocycles. The maximum atomic E-state index is 12.3. The average Bonchev–Trinajstić information content (AvgIpc) is 2.50. The van der Waals surface area contributed by atoms with Crippen molar-refractivity contribution in [2.45, 2.75) is 25.2 Å². The van der Waals surface area contributed by atoms with E-state index in [1.54, 1.807) is 25.1 Å². The number of nitrogens with one attached hydrogen (secondary N) is 1. The number of anilines is 1. The van der Waals surface area contributed by atoms with E-state index >= 15 is 0 Å². The van der Waals surface area contributed by atoms with Crippen LogP contribution in [0.1, 0.15) is 18.9 Å². The maximum absolute atomic E-state index is 12.3. The van der Waals surface area contributed by atoms with E-state index in [9.17, 15) is 13.2 Å². The zero-order chi connectivity index (χ0) is 17.0. The lowest BCUT2D eigenvalue weighted by molar-refractivity contribution is -0.115. The maximum Gasteiger partial charge on any atom is 0.339 e. The monoisotopic (exact) mass is 397 g/mol. The number of carbonyl (C=O) groups is 1. The van der Waals surface area contributed by atoms with Crippen molar-refractivity contribution in [3.05, 3.63) is 52.5 Å². The molecule has 1 N–H and O–H groups in total. The predicted molar refractivity (Wildman–Crippen MR) is 92.1 cm³/mol. The Bertz CT molecular complexity index is 816. The SMILES string of the molecule is CCC(=O)Nc1ccc(S(=O)(=O)Oc2ccc(C)cc2Br)cc1. The second-order valence-corrected chi connectivity index (χ2v) is 7.30. The molecule has 0 spiro atoms. The van der Waals surface area contributed by atoms with E-state index in [1.165, 1.54) is 24.3 Å². The Balaban J connectivity index is 2.20. The Morgan fingerprint density at radius 3 is 2.39 bits per heavy atom. The summed E-state index contributed by atoms with van der Waals surface area (Å²) in [6.45, 7) is 3.63. The van der Waals surface area contributed by atoms with Gasteiger partial charge in [0.1, 0.15) is 4.90 Å². The first-order valence-electron chi connectivity index (χ1n) is 6.92. The van der Waals surface area contributed by atoms with Gasteiger partial charge in [0, 0.05) is 12.1 Å². The number of aryl methyl sites for hydroxylation is 1. The summed E-state index contributed by atoms with van der Waals surface area (Å²) in [5.74, 6) is 0.0828. The summed E-state index contributed by atoms with van der Waals surface area (Å²) in [5, 5.41) is 2.65. The molecule has 1 amide bonds. The summed E-state index contributed by atoms with van der Waals surface area (Å²) in [6, 6.07) is 11.0. The minimum Gasteiger partial charge on any atom is -0.378 e. The number of carbonyl (C=O) groups excluding carboxylic acids is 1. The van der Waals surface area contributed by atoms with Crippen LogP contribution in [0.5, 0.6) is 5.75 Å². The van der Waals surface area contributed by atoms with Gasteiger partial charge < -0.3 is 9.50 Å². The molecule has 0 atom stereocenters. The summed E-state index contributed by atoms with van der Waals surface area (Å²) in [5.41, 5.74) is 1.52. The van der Waals surface area contributed by atoms with Gasteiger partial charge in [-0.3, -0.25) is 4.79 Å². The zero-order valence-corrected chi connectivity index (χ0v) is 15.1. The molecule has 23 heavy (non-hydrogen) atoms. The lowest BCUT2D eigenvalue weighted by Gasteiger charge is -2.10. The molecule has 122 valence electrons. The van der Waals surface area contributed by atoms with Crippen LogP contribution >= 0.6 is 15.9 Å². The van der Waals surface area contributed by atoms with E-state index in [2.05, 4.69) is 21.2 Å². The molecule has 0 aliphatic rings. The van der Waals surface area contributed by atoms with Crippen molar-refractivity contribution in [2.75, 3.05) is 5.32 Å². The van der Waals surface area contributed by atoms with Crippen molar-refractivity contribution < 1.29 is 17.4 Å². The smallest absolute Gasteiger partial charge is 0.339 e. The summed E-state index contributed by atoms with van der Waals surface area (Å²) in [4.78, 5) is 11.3. The lowest BCUT2D eigenvalue weighted by atomic mass is 10.2. The first-order valence-corrected chi connectivity index (χ1v) is 9.12. The van der Waals surface area contributed by atoms with Gasteiger partial charge in [0.15, 0.2) is 5.75 Å². The highest BCUT2D eigenvalue weighted by molar-refractivity contribution is 9.10. The number of amides is 1. The Kier molecular flexibility index (Phi) is 5.43. The number of hydrogen-bond acceptors (Lipinski definition) is 4. The van der Waals surface area contributed by atoms with Gasteiger partial charge in [0.25, 0.3) is 0 Å². The van der Waals surface area contributed by atoms with Crippen molar-refractivity contribution in [2.24, 2.45) is 0 Å². The standard InChI is InChI=1S/C16H16BrNO4S/c1-3-16(19)18-12-5-7-13(8-6-12)23(20,21)22-15-9-4-11(2)10-14(15)17/h4-10H,3H2,1-2H3,(H,18,19). The highest BCUT2D eigenvalue weighted by atomic mass is 79.9. The van der Waals surface area contributed by atoms with Crippen LogP contribution in [-0.2, 0) is 14.9 Å². The average molecular weight is 398 g/mol. The summed E-state index contributed by atoms with van der Waals surface area (Å²) in [6.07, 6.45) is 0.352. The first-order chi connectivity index (χ1) is 10.8. The molecular weight excluding hydrogens is 382 g/mol. The van der Waals surface area contributed by atoms with Gasteiger partial charge in [0.2, 0.25) is 5.91 Å². The molecule has 7 heteroatoms. The third-order valence-electron chi connectivity index (χ3n) is 3.03. The Hall–Kier alpha value is -1.86. The van der Waals surface area contributed by atoms with Crippen molar-refractivity contribution >= 4 is 37.6 Å². The van der Waals surface area contributed by atoms with Crippen molar-refractivity contribution in [1.82, 2.24) is 0 Å². The van der Waals surface area contributed by atoms with Crippen LogP contribution in [0.15, 0.2) is 51.8 Å². The predicted octanol–water partition coefficient (Wildman–Crippen LogP) is 3.87. The van der Waals surface area contributed by atoms with E-state index in [0.29, 0.717) is 16.6 Å². The molecule has 5 nitrogen and oxygen atoms in total. The van der Waals surface area contributed by atoms with Crippen LogP contribution in [-0.4, -0.2) is 14.3 Å². The van der Waals surface area contributed by atoms with Crippen LogP contribution in [0.3, 0.4) is 0 Å². The van der Waals surface area contributed by atoms with E-state index in [-0.39, 0.29) is 16.6 Å². The summed E-state index contributed by atoms with van der Waals surface area (Å²) >= 11 is 3.28. The van der Waals surface area contributed by atoms with Gasteiger partial charge in [-0.25, -0.2) is 0 Å². The molecule has 0 heterocycles. The van der Waals surface area contributed by atoms with E-state index < -0.39 is 10.1 Å². The minimum absolute atomic E-state index is 0.0134. The molecule has 0 aromatic heterocycles. The highest BCUT2D eigenvalue weighted by Gasteiger charge is 2.18. The summed E-state index contributed by atoms with van der Waals surface area (Å²) in [7, 11) is -3.94. The van der Waals surface area contributed by atoms with Crippen LogP contribution < -0.4 is 9.50 Å². The normalized spacial score (nSPS) is 11.1. The molecule has 0 radical (unpaired) electrons. The molecule has 2 aromatic carbocycles. The number of rotatable bonds is 5. The van der Waals surface area contributed by atoms with Gasteiger partial charge in [-0.1, -0.05) is 13.0 Å². The third kappa shape index (κ3) is 4.56. The van der Waals surface area contributed by atoms with Crippen LogP contribution in [0.2, 0.25) is 0 Å². The Labute approximate surface area is 143 Å². The second-order valence-electron chi connectivity index (χ2n) is 4.90. The molecular formula is C16H16BrNO4S. The van der Waals surface area contributed by atoms with E-state index in [4.69, 9.17) is 4.18 Å². The molecule has 0 aliphatic heterocycles. The number of halogens is 1. The van der Waals surface area contributed by atoms with Crippen LogP contribution in [0.4, 0.5) is 5.69 Å². The fraction of sp³-hybridized carbons (Fsp3) is 0.188. The van der Waals surface area contributed by atoms with Gasteiger partial charge in [-0.2, -0.15) is 8.42 Å². The molecule has 2 rings (SSSR count). The minimum atomic E-state index is -3.94. The molecule has 0 saturated carbocycles. The third-order valence-corrected chi connectivity index (χ3v) is 4.90. The number of benzene rings is 2. The second kappa shape index (κ2) is 7.14. The topological polar surface area (TPSA) is 72.5 Å². The van der Waals surface area contributed by atoms with Gasteiger partial charge in [-0.05, 0) is 64.8 Å². The highest BCUT2D eigenvalue weighted by Crippen LogP contribution is 2.29. The Morgan fingerprint density at radius 1 is 1.17 bits per heavy atom. The van der Waals surface area contributed by atoms with E-state index in [1.807, 2.05) is 6.92 Å². The summed E-state index contributed by atoms with van der Waals surface area (Å²) < 4.78 is 30.3. The lowest BCUT2D eigenvalue weighted by Crippen LogP contribution is -2.11. The van der Waals surface area contributed by atoms with Crippen LogP contribution in [0.25, 0.3) is 0 Å².